The second kappa shape index (κ2) is 10.7. The molecule has 220 valence electrons. The number of aromatic nitrogens is 5. The van der Waals surface area contributed by atoms with Crippen LogP contribution in [0, 0.1) is 6.92 Å². The molecule has 3 N–H and O–H groups in total. The third-order valence-electron chi connectivity index (χ3n) is 6.83. The molecule has 0 bridgehead atoms. The van der Waals surface area contributed by atoms with E-state index in [1.807, 2.05) is 0 Å². The topological polar surface area (TPSA) is 147 Å². The van der Waals surface area contributed by atoms with E-state index in [0.29, 0.717) is 23.1 Å². The summed E-state index contributed by atoms with van der Waals surface area (Å²) < 4.78 is 45.9. The van der Waals surface area contributed by atoms with Crippen molar-refractivity contribution in [3.05, 3.63) is 104 Å². The number of rotatable bonds is 6. The molecule has 2 aromatic carbocycles. The number of aryl methyl sites for hydroxylation is 3. The van der Waals surface area contributed by atoms with Crippen LogP contribution in [-0.2, 0) is 19.8 Å². The van der Waals surface area contributed by atoms with E-state index in [9.17, 15) is 32.3 Å². The van der Waals surface area contributed by atoms with Gasteiger partial charge in [0.2, 0.25) is 5.91 Å². The third-order valence-corrected chi connectivity index (χ3v) is 6.83. The highest BCUT2D eigenvalue weighted by Gasteiger charge is 2.35. The SMILES string of the molecule is CCn1cc(-c2ccc(-n3c(C)nn(C)c3=O)cc2)c(=O)c2cc(C(F)(F)F)nc(C(=O)Nc3cccc(C(N)=O)c3)c21. The number of nitrogens with zero attached hydrogens (tertiary/aromatic N) is 5. The molecule has 14 heteroatoms. The quantitative estimate of drug-likeness (QED) is 0.308. The molecule has 0 aliphatic rings. The van der Waals surface area contributed by atoms with Crippen LogP contribution in [0.15, 0.2) is 70.4 Å². The average molecular weight is 592 g/mol. The number of nitrogens with one attached hydrogen (secondary N) is 1. The highest BCUT2D eigenvalue weighted by atomic mass is 19.4. The van der Waals surface area contributed by atoms with Crippen LogP contribution in [0.3, 0.4) is 0 Å². The fraction of sp³-hybridized carbons (Fsp3) is 0.172. The van der Waals surface area contributed by atoms with Crippen LogP contribution in [0.1, 0.15) is 39.3 Å². The Labute approximate surface area is 241 Å². The molecule has 0 radical (unpaired) electrons. The number of halogens is 3. The van der Waals surface area contributed by atoms with Gasteiger partial charge in [-0.05, 0) is 55.8 Å². The number of anilines is 1. The second-order valence-corrected chi connectivity index (χ2v) is 9.64. The number of amides is 2. The van der Waals surface area contributed by atoms with E-state index < -0.39 is 34.8 Å². The molecule has 0 saturated heterocycles. The molecule has 3 heterocycles. The van der Waals surface area contributed by atoms with Crippen molar-refractivity contribution in [2.45, 2.75) is 26.6 Å². The molecule has 0 aliphatic heterocycles. The molecule has 0 saturated carbocycles. The van der Waals surface area contributed by atoms with E-state index in [-0.39, 0.29) is 40.0 Å². The minimum absolute atomic E-state index is 0.0735. The fourth-order valence-electron chi connectivity index (χ4n) is 4.80. The van der Waals surface area contributed by atoms with Crippen LogP contribution in [0.5, 0.6) is 0 Å². The smallest absolute Gasteiger partial charge is 0.366 e. The molecule has 5 aromatic rings. The summed E-state index contributed by atoms with van der Waals surface area (Å²) in [5, 5.41) is 6.18. The molecule has 5 rings (SSSR count). The van der Waals surface area contributed by atoms with Crippen molar-refractivity contribution in [1.29, 1.82) is 0 Å². The zero-order valence-electron chi connectivity index (χ0n) is 23.1. The van der Waals surface area contributed by atoms with Crippen LogP contribution >= 0.6 is 0 Å². The maximum Gasteiger partial charge on any atom is 0.433 e. The summed E-state index contributed by atoms with van der Waals surface area (Å²) in [4.78, 5) is 54.7. The van der Waals surface area contributed by atoms with Gasteiger partial charge in [-0.2, -0.15) is 18.3 Å². The summed E-state index contributed by atoms with van der Waals surface area (Å²) in [6.07, 6.45) is -3.52. The molecule has 0 spiro atoms. The predicted octanol–water partition coefficient (Wildman–Crippen LogP) is 3.65. The Hall–Kier alpha value is -5.53. The predicted molar refractivity (Wildman–Crippen MR) is 152 cm³/mol. The number of benzene rings is 2. The number of carbonyl (C=O) groups excluding carboxylic acids is 2. The van der Waals surface area contributed by atoms with Gasteiger partial charge in [0.25, 0.3) is 5.91 Å². The van der Waals surface area contributed by atoms with E-state index in [2.05, 4.69) is 15.4 Å². The lowest BCUT2D eigenvalue weighted by Gasteiger charge is -2.17. The molecule has 11 nitrogen and oxygen atoms in total. The molecule has 2 amide bonds. The van der Waals surface area contributed by atoms with Crippen LogP contribution < -0.4 is 22.2 Å². The minimum atomic E-state index is -4.97. The van der Waals surface area contributed by atoms with Crippen molar-refractivity contribution >= 4 is 28.4 Å². The number of primary amides is 1. The van der Waals surface area contributed by atoms with E-state index in [0.717, 1.165) is 0 Å². The first-order chi connectivity index (χ1) is 20.3. The maximum atomic E-state index is 13.9. The van der Waals surface area contributed by atoms with Crippen molar-refractivity contribution in [3.8, 4) is 16.8 Å². The van der Waals surface area contributed by atoms with E-state index in [1.54, 1.807) is 38.1 Å². The molecular weight excluding hydrogens is 567 g/mol. The number of nitrogens with two attached hydrogens (primary N) is 1. The second-order valence-electron chi connectivity index (χ2n) is 9.64. The zero-order valence-corrected chi connectivity index (χ0v) is 23.1. The van der Waals surface area contributed by atoms with Crippen LogP contribution in [-0.4, -0.2) is 35.7 Å². The van der Waals surface area contributed by atoms with Gasteiger partial charge in [-0.25, -0.2) is 19.0 Å². The number of alkyl halides is 3. The van der Waals surface area contributed by atoms with Crippen molar-refractivity contribution in [3.63, 3.8) is 0 Å². The summed E-state index contributed by atoms with van der Waals surface area (Å²) in [7, 11) is 1.51. The first kappa shape index (κ1) is 29.0. The van der Waals surface area contributed by atoms with Crippen molar-refractivity contribution < 1.29 is 22.8 Å². The Balaban J connectivity index is 1.67. The van der Waals surface area contributed by atoms with Gasteiger partial charge in [0.1, 0.15) is 11.5 Å². The monoisotopic (exact) mass is 591 g/mol. The summed E-state index contributed by atoms with van der Waals surface area (Å²) in [5.41, 5.74) is 3.14. The van der Waals surface area contributed by atoms with Gasteiger partial charge in [0, 0.05) is 36.6 Å². The van der Waals surface area contributed by atoms with Crippen molar-refractivity contribution in [1.82, 2.24) is 23.9 Å². The standard InChI is InChI=1S/C29H24F3N7O4/c1-4-38-14-21(16-8-10-19(11-9-16)39-15(2)36-37(3)28(39)43)25(40)20-13-22(29(30,31)32)35-23(24(20)38)27(42)34-18-7-5-6-17(12-18)26(33)41/h5-14H,4H2,1-3H3,(H2,33,41)(H,34,42). The Morgan fingerprint density at radius 1 is 1.05 bits per heavy atom. The Morgan fingerprint density at radius 2 is 1.74 bits per heavy atom. The minimum Gasteiger partial charge on any atom is -0.366 e. The van der Waals surface area contributed by atoms with Gasteiger partial charge in [0.15, 0.2) is 11.1 Å². The van der Waals surface area contributed by atoms with Crippen molar-refractivity contribution in [2.75, 3.05) is 5.32 Å². The Kier molecular flexibility index (Phi) is 7.21. The normalized spacial score (nSPS) is 11.6. The highest BCUT2D eigenvalue weighted by Crippen LogP contribution is 2.32. The number of pyridine rings is 2. The van der Waals surface area contributed by atoms with Gasteiger partial charge < -0.3 is 15.6 Å². The van der Waals surface area contributed by atoms with Gasteiger partial charge in [-0.1, -0.05) is 18.2 Å². The van der Waals surface area contributed by atoms with Crippen LogP contribution in [0.25, 0.3) is 27.7 Å². The number of carbonyl (C=O) groups is 2. The molecule has 0 fully saturated rings. The molecule has 3 aromatic heterocycles. The van der Waals surface area contributed by atoms with Crippen LogP contribution in [0.2, 0.25) is 0 Å². The molecular formula is C29H24F3N7O4. The number of fused-ring (bicyclic) bond motifs is 1. The van der Waals surface area contributed by atoms with E-state index >= 15 is 0 Å². The maximum absolute atomic E-state index is 13.9. The fourth-order valence-corrected chi connectivity index (χ4v) is 4.80. The van der Waals surface area contributed by atoms with Crippen LogP contribution in [0.4, 0.5) is 18.9 Å². The average Bonchev–Trinajstić information content (AvgIpc) is 3.22. The Morgan fingerprint density at radius 3 is 2.33 bits per heavy atom. The molecule has 0 aliphatic carbocycles. The van der Waals surface area contributed by atoms with Gasteiger partial charge >= 0.3 is 11.9 Å². The number of hydrogen-bond acceptors (Lipinski definition) is 6. The summed E-state index contributed by atoms with van der Waals surface area (Å²) in [5.74, 6) is -1.34. The molecule has 0 unspecified atom stereocenters. The lowest BCUT2D eigenvalue weighted by molar-refractivity contribution is -0.141. The lowest BCUT2D eigenvalue weighted by atomic mass is 10.0. The van der Waals surface area contributed by atoms with Crippen molar-refractivity contribution in [2.24, 2.45) is 12.8 Å². The highest BCUT2D eigenvalue weighted by molar-refractivity contribution is 6.11. The lowest BCUT2D eigenvalue weighted by Crippen LogP contribution is -2.23. The van der Waals surface area contributed by atoms with Gasteiger partial charge in [0.05, 0.1) is 16.6 Å². The van der Waals surface area contributed by atoms with Gasteiger partial charge in [-0.15, -0.1) is 0 Å². The summed E-state index contributed by atoms with van der Waals surface area (Å²) in [6, 6.07) is 12.5. The third kappa shape index (κ3) is 5.29. The molecule has 0 atom stereocenters. The largest absolute Gasteiger partial charge is 0.433 e. The summed E-state index contributed by atoms with van der Waals surface area (Å²) >= 11 is 0. The first-order valence-corrected chi connectivity index (χ1v) is 12.9. The van der Waals surface area contributed by atoms with E-state index in [4.69, 9.17) is 5.73 Å². The first-order valence-electron chi connectivity index (χ1n) is 12.9. The Bertz CT molecular complexity index is 2040. The molecule has 43 heavy (non-hydrogen) atoms. The summed E-state index contributed by atoms with van der Waals surface area (Å²) in [6.45, 7) is 3.54. The van der Waals surface area contributed by atoms with Gasteiger partial charge in [-0.3, -0.25) is 14.4 Å². The zero-order chi connectivity index (χ0) is 31.2. The number of hydrogen-bond donors (Lipinski definition) is 2. The van der Waals surface area contributed by atoms with E-state index in [1.165, 1.54) is 51.3 Å².